The van der Waals surface area contributed by atoms with Crippen LogP contribution in [-0.2, 0) is 4.79 Å². The van der Waals surface area contributed by atoms with Crippen LogP contribution >= 0.6 is 15.9 Å². The number of carbonyl (C=O) groups is 1. The van der Waals surface area contributed by atoms with E-state index >= 15 is 0 Å². The average molecular weight is 286 g/mol. The van der Waals surface area contributed by atoms with Crippen LogP contribution in [0.5, 0.6) is 0 Å². The lowest BCUT2D eigenvalue weighted by atomic mass is 9.99. The molecule has 1 amide bonds. The van der Waals surface area contributed by atoms with Crippen LogP contribution in [0.15, 0.2) is 22.7 Å². The fraction of sp³-hybridized carbons (Fsp3) is 0.364. The molecule has 0 fully saturated rings. The molecule has 0 saturated heterocycles. The highest BCUT2D eigenvalue weighted by atomic mass is 79.9. The number of halogens is 1. The molecule has 0 aliphatic heterocycles. The molecule has 0 atom stereocenters. The van der Waals surface area contributed by atoms with Crippen molar-refractivity contribution >= 4 is 33.2 Å². The zero-order valence-electron chi connectivity index (χ0n) is 9.38. The minimum absolute atomic E-state index is 0.252. The van der Waals surface area contributed by atoms with Crippen molar-refractivity contribution in [1.82, 2.24) is 0 Å². The van der Waals surface area contributed by atoms with Gasteiger partial charge in [-0.2, -0.15) is 0 Å². The molecule has 0 aromatic heterocycles. The molecule has 0 radical (unpaired) electrons. The summed E-state index contributed by atoms with van der Waals surface area (Å²) in [6.07, 6.45) is 0.252. The molecule has 88 valence electrons. The first-order chi connectivity index (χ1) is 7.30. The Morgan fingerprint density at radius 1 is 1.50 bits per heavy atom. The lowest BCUT2D eigenvalue weighted by Gasteiger charge is -2.27. The quantitative estimate of drug-likeness (QED) is 0.741. The van der Waals surface area contributed by atoms with E-state index in [2.05, 4.69) is 21.2 Å². The lowest BCUT2D eigenvalue weighted by Crippen LogP contribution is -2.36. The summed E-state index contributed by atoms with van der Waals surface area (Å²) < 4.78 is 0.920. The Bertz CT molecular complexity index is 404. The molecule has 0 aliphatic rings. The molecule has 0 aliphatic carbocycles. The second-order valence-electron chi connectivity index (χ2n) is 4.38. The van der Waals surface area contributed by atoms with Crippen molar-refractivity contribution < 1.29 is 4.79 Å². The first-order valence-corrected chi connectivity index (χ1v) is 5.71. The Hall–Kier alpha value is -1.23. The molecule has 0 saturated carbocycles. The number of hydrogen-bond acceptors (Lipinski definition) is 3. The number of primary amides is 1. The van der Waals surface area contributed by atoms with E-state index in [4.69, 9.17) is 11.5 Å². The highest BCUT2D eigenvalue weighted by Gasteiger charge is 2.20. The van der Waals surface area contributed by atoms with Crippen LogP contribution in [-0.4, -0.2) is 11.4 Å². The smallest absolute Gasteiger partial charge is 0.219 e. The van der Waals surface area contributed by atoms with Gasteiger partial charge < -0.3 is 16.8 Å². The van der Waals surface area contributed by atoms with Crippen LogP contribution < -0.4 is 16.8 Å². The SMILES string of the molecule is CC(C)(CC(N)=O)Nc1ccc(Br)cc1N. The third-order valence-corrected chi connectivity index (χ3v) is 2.60. The van der Waals surface area contributed by atoms with Gasteiger partial charge in [-0.25, -0.2) is 0 Å². The molecule has 0 bridgehead atoms. The summed E-state index contributed by atoms with van der Waals surface area (Å²) in [4.78, 5) is 10.9. The Morgan fingerprint density at radius 2 is 2.12 bits per heavy atom. The molecule has 4 nitrogen and oxygen atoms in total. The van der Waals surface area contributed by atoms with Gasteiger partial charge in [-0.3, -0.25) is 4.79 Å². The van der Waals surface area contributed by atoms with Gasteiger partial charge in [-0.15, -0.1) is 0 Å². The second kappa shape index (κ2) is 4.74. The Balaban J connectivity index is 2.83. The van der Waals surface area contributed by atoms with E-state index in [1.807, 2.05) is 32.0 Å². The van der Waals surface area contributed by atoms with Gasteiger partial charge in [0, 0.05) is 16.4 Å². The van der Waals surface area contributed by atoms with Gasteiger partial charge in [0.25, 0.3) is 0 Å². The summed E-state index contributed by atoms with van der Waals surface area (Å²) in [5, 5.41) is 3.20. The number of carbonyl (C=O) groups excluding carboxylic acids is 1. The Labute approximate surface area is 104 Å². The Morgan fingerprint density at radius 3 is 2.62 bits per heavy atom. The fourth-order valence-corrected chi connectivity index (χ4v) is 1.87. The number of amides is 1. The normalized spacial score (nSPS) is 11.2. The fourth-order valence-electron chi connectivity index (χ4n) is 1.49. The number of nitrogens with two attached hydrogens (primary N) is 2. The van der Waals surface area contributed by atoms with Gasteiger partial charge in [0.15, 0.2) is 0 Å². The number of hydrogen-bond donors (Lipinski definition) is 3. The summed E-state index contributed by atoms with van der Waals surface area (Å²) in [5.74, 6) is -0.340. The lowest BCUT2D eigenvalue weighted by molar-refractivity contribution is -0.118. The van der Waals surface area contributed by atoms with E-state index in [-0.39, 0.29) is 12.3 Å². The van der Waals surface area contributed by atoms with Crippen molar-refractivity contribution in [3.63, 3.8) is 0 Å². The molecular formula is C11H16BrN3O. The number of nitrogen functional groups attached to an aromatic ring is 1. The minimum Gasteiger partial charge on any atom is -0.397 e. The highest BCUT2D eigenvalue weighted by Crippen LogP contribution is 2.26. The predicted octanol–water partition coefficient (Wildman–Crippen LogP) is 2.10. The summed E-state index contributed by atoms with van der Waals surface area (Å²) in [7, 11) is 0. The first kappa shape index (κ1) is 12.8. The maximum absolute atomic E-state index is 10.9. The molecule has 5 heteroatoms. The van der Waals surface area contributed by atoms with Crippen molar-refractivity contribution in [2.45, 2.75) is 25.8 Å². The molecule has 0 spiro atoms. The minimum atomic E-state index is -0.409. The first-order valence-electron chi connectivity index (χ1n) is 4.92. The number of nitrogens with one attached hydrogen (secondary N) is 1. The highest BCUT2D eigenvalue weighted by molar-refractivity contribution is 9.10. The van der Waals surface area contributed by atoms with Crippen molar-refractivity contribution in [1.29, 1.82) is 0 Å². The van der Waals surface area contributed by atoms with Crippen LogP contribution in [0, 0.1) is 0 Å². The second-order valence-corrected chi connectivity index (χ2v) is 5.30. The van der Waals surface area contributed by atoms with Gasteiger partial charge in [-0.05, 0) is 32.0 Å². The summed E-state index contributed by atoms with van der Waals surface area (Å²) in [6.45, 7) is 3.80. The van der Waals surface area contributed by atoms with Crippen LogP contribution in [0.4, 0.5) is 11.4 Å². The molecule has 1 aromatic rings. The summed E-state index contributed by atoms with van der Waals surface area (Å²) >= 11 is 3.33. The summed E-state index contributed by atoms with van der Waals surface area (Å²) in [6, 6.07) is 5.56. The average Bonchev–Trinajstić information content (AvgIpc) is 2.07. The van der Waals surface area contributed by atoms with Gasteiger partial charge in [0.05, 0.1) is 11.4 Å². The number of rotatable bonds is 4. The molecule has 16 heavy (non-hydrogen) atoms. The van der Waals surface area contributed by atoms with Crippen LogP contribution in [0.25, 0.3) is 0 Å². The van der Waals surface area contributed by atoms with Crippen molar-refractivity contribution in [2.75, 3.05) is 11.1 Å². The van der Waals surface area contributed by atoms with Crippen molar-refractivity contribution in [3.8, 4) is 0 Å². The maximum atomic E-state index is 10.9. The molecular weight excluding hydrogens is 270 g/mol. The van der Waals surface area contributed by atoms with Gasteiger partial charge >= 0.3 is 0 Å². The van der Waals surface area contributed by atoms with E-state index in [0.29, 0.717) is 5.69 Å². The predicted molar refractivity (Wildman–Crippen MR) is 70.1 cm³/mol. The Kier molecular flexibility index (Phi) is 3.80. The van der Waals surface area contributed by atoms with Crippen LogP contribution in [0.2, 0.25) is 0 Å². The standard InChI is InChI=1S/C11H16BrN3O/c1-11(2,6-10(14)16)15-9-4-3-7(12)5-8(9)13/h3-5,15H,6,13H2,1-2H3,(H2,14,16). The van der Waals surface area contributed by atoms with E-state index in [9.17, 15) is 4.79 Å². The van der Waals surface area contributed by atoms with E-state index in [1.54, 1.807) is 0 Å². The van der Waals surface area contributed by atoms with Crippen molar-refractivity contribution in [3.05, 3.63) is 22.7 Å². The van der Waals surface area contributed by atoms with E-state index < -0.39 is 5.54 Å². The molecule has 1 aromatic carbocycles. The monoisotopic (exact) mass is 285 g/mol. The third kappa shape index (κ3) is 3.73. The van der Waals surface area contributed by atoms with E-state index in [0.717, 1.165) is 10.2 Å². The van der Waals surface area contributed by atoms with E-state index in [1.165, 1.54) is 0 Å². The number of benzene rings is 1. The third-order valence-electron chi connectivity index (χ3n) is 2.10. The van der Waals surface area contributed by atoms with Gasteiger partial charge in [-0.1, -0.05) is 15.9 Å². The molecule has 0 unspecified atom stereocenters. The molecule has 0 heterocycles. The topological polar surface area (TPSA) is 81.1 Å². The van der Waals surface area contributed by atoms with Gasteiger partial charge in [0.1, 0.15) is 0 Å². The van der Waals surface area contributed by atoms with Crippen molar-refractivity contribution in [2.24, 2.45) is 5.73 Å². The van der Waals surface area contributed by atoms with Crippen LogP contribution in [0.1, 0.15) is 20.3 Å². The number of anilines is 2. The zero-order valence-corrected chi connectivity index (χ0v) is 11.0. The van der Waals surface area contributed by atoms with Crippen LogP contribution in [0.3, 0.4) is 0 Å². The molecule has 5 N–H and O–H groups in total. The maximum Gasteiger partial charge on any atom is 0.219 e. The zero-order chi connectivity index (χ0) is 12.3. The molecule has 1 rings (SSSR count). The largest absolute Gasteiger partial charge is 0.397 e. The van der Waals surface area contributed by atoms with Gasteiger partial charge in [0.2, 0.25) is 5.91 Å². The summed E-state index contributed by atoms with van der Waals surface area (Å²) in [5.41, 5.74) is 12.1.